The van der Waals surface area contributed by atoms with Crippen LogP contribution in [0.15, 0.2) is 108 Å². The summed E-state index contributed by atoms with van der Waals surface area (Å²) in [5, 5.41) is 26.6. The predicted octanol–water partition coefficient (Wildman–Crippen LogP) is 5.45. The maximum absolute atomic E-state index is 12.8. The van der Waals surface area contributed by atoms with E-state index in [1.54, 1.807) is 32.7 Å². The number of hydrogen-bond donors (Lipinski definition) is 3. The molecule has 5 aromatic rings. The third kappa shape index (κ3) is 8.43. The second kappa shape index (κ2) is 15.9. The zero-order valence-electron chi connectivity index (χ0n) is 26.5. The van der Waals surface area contributed by atoms with E-state index in [2.05, 4.69) is 34.7 Å². The molecule has 0 spiro atoms. The van der Waals surface area contributed by atoms with Gasteiger partial charge in [-0.2, -0.15) is 10.2 Å². The van der Waals surface area contributed by atoms with Crippen LogP contribution in [0, 0.1) is 0 Å². The van der Waals surface area contributed by atoms with Crippen molar-refractivity contribution in [3.8, 4) is 11.4 Å². The fraction of sp³-hybridized carbons (Fsp3) is 0.343. The maximum Gasteiger partial charge on any atom is 0.350 e. The predicted molar refractivity (Wildman–Crippen MR) is 179 cm³/mol. The highest BCUT2D eigenvalue weighted by Gasteiger charge is 2.31. The normalized spacial score (nSPS) is 12.6. The molecule has 11 nitrogen and oxygen atoms in total. The van der Waals surface area contributed by atoms with Crippen LogP contribution < -0.4 is 21.1 Å². The Labute approximate surface area is 269 Å². The highest BCUT2D eigenvalue weighted by atomic mass is 16.6. The molecule has 2 aromatic heterocycles. The lowest BCUT2D eigenvalue weighted by Gasteiger charge is -2.28. The summed E-state index contributed by atoms with van der Waals surface area (Å²) in [7, 11) is 0. The molecule has 0 unspecified atom stereocenters. The topological polar surface area (TPSA) is 120 Å². The first-order valence-corrected chi connectivity index (χ1v) is 15.9. The van der Waals surface area contributed by atoms with Crippen molar-refractivity contribution in [2.24, 2.45) is 0 Å². The van der Waals surface area contributed by atoms with Crippen molar-refractivity contribution in [2.75, 3.05) is 36.9 Å². The number of anilines is 2. The van der Waals surface area contributed by atoms with Crippen molar-refractivity contribution in [2.45, 2.75) is 51.5 Å². The minimum absolute atomic E-state index is 0.113. The molecule has 0 aliphatic carbocycles. The Balaban J connectivity index is 1.01. The molecule has 5 rings (SSSR count). The molecule has 0 saturated heterocycles. The number of aromatic nitrogens is 5. The molecular formula is C35H43N7O4. The molecule has 0 radical (unpaired) electrons. The van der Waals surface area contributed by atoms with Gasteiger partial charge in [-0.25, -0.2) is 14.0 Å². The number of aliphatic hydroxyl groups is 1. The quantitative estimate of drug-likeness (QED) is 0.0869. The number of benzene rings is 3. The van der Waals surface area contributed by atoms with Gasteiger partial charge in [0.1, 0.15) is 12.1 Å². The lowest BCUT2D eigenvalue weighted by Crippen LogP contribution is -2.35. The summed E-state index contributed by atoms with van der Waals surface area (Å²) in [6.07, 6.45) is 7.42. The van der Waals surface area contributed by atoms with Crippen LogP contribution >= 0.6 is 0 Å². The average molecular weight is 626 g/mol. The molecule has 0 aliphatic heterocycles. The summed E-state index contributed by atoms with van der Waals surface area (Å²) in [6.45, 7) is 6.55. The molecule has 0 saturated carbocycles. The van der Waals surface area contributed by atoms with Crippen molar-refractivity contribution in [3.05, 3.63) is 120 Å². The minimum Gasteiger partial charge on any atom is -0.494 e. The minimum atomic E-state index is -1.49. The molecule has 2 heterocycles. The first-order valence-electron chi connectivity index (χ1n) is 15.9. The number of hydrogen-bond acceptors (Lipinski definition) is 8. The third-order valence-corrected chi connectivity index (χ3v) is 7.82. The van der Waals surface area contributed by atoms with Gasteiger partial charge in [0.25, 0.3) is 0 Å². The second-order valence-corrected chi connectivity index (χ2v) is 11.0. The molecular weight excluding hydrogens is 582 g/mol. The zero-order chi connectivity index (χ0) is 32.2. The van der Waals surface area contributed by atoms with Crippen LogP contribution in [0.1, 0.15) is 44.7 Å². The molecule has 11 heteroatoms. The SMILES string of the molecule is CCC(CC)n1ncn(-c2ccc(NCCNc3ccc(OCCCO[C@@](O)(Cn4cccn4)c4ccccc4)cc3)cc2)c1=O. The molecule has 0 bridgehead atoms. The van der Waals surface area contributed by atoms with Crippen LogP contribution in [-0.2, 0) is 17.1 Å². The average Bonchev–Trinajstić information content (AvgIpc) is 3.74. The van der Waals surface area contributed by atoms with E-state index < -0.39 is 5.79 Å². The summed E-state index contributed by atoms with van der Waals surface area (Å²) in [5.74, 6) is -0.722. The van der Waals surface area contributed by atoms with Gasteiger partial charge in [-0.15, -0.1) is 0 Å². The molecule has 0 amide bonds. The van der Waals surface area contributed by atoms with Crippen LogP contribution in [0.2, 0.25) is 0 Å². The fourth-order valence-corrected chi connectivity index (χ4v) is 5.22. The van der Waals surface area contributed by atoms with Gasteiger partial charge in [0.15, 0.2) is 0 Å². The van der Waals surface area contributed by atoms with Crippen LogP contribution in [-0.4, -0.2) is 55.5 Å². The number of ether oxygens (including phenoxy) is 2. The van der Waals surface area contributed by atoms with Gasteiger partial charge >= 0.3 is 5.69 Å². The fourth-order valence-electron chi connectivity index (χ4n) is 5.22. The third-order valence-electron chi connectivity index (χ3n) is 7.82. The molecule has 3 N–H and O–H groups in total. The van der Waals surface area contributed by atoms with Gasteiger partial charge in [-0.1, -0.05) is 44.2 Å². The molecule has 3 aromatic carbocycles. The van der Waals surface area contributed by atoms with E-state index in [0.29, 0.717) is 25.2 Å². The smallest absolute Gasteiger partial charge is 0.350 e. The number of rotatable bonds is 18. The van der Waals surface area contributed by atoms with E-state index in [0.717, 1.165) is 48.7 Å². The van der Waals surface area contributed by atoms with Crippen LogP contribution in [0.4, 0.5) is 11.4 Å². The standard InChI is InChI=1S/C35H43N7O4/c1-3-31(4-2)42-34(43)41(27-39-42)32-16-12-29(13-17-32)36-21-22-37-30-14-18-33(19-15-30)45-24-9-25-46-35(44,26-40-23-8-20-38-40)28-10-6-5-7-11-28/h5-8,10-20,23,27,31,36-37,44H,3-4,9,21-22,24-26H2,1-2H3/t35-/m0/s1. The van der Waals surface area contributed by atoms with E-state index in [-0.39, 0.29) is 18.3 Å². The summed E-state index contributed by atoms with van der Waals surface area (Å²) in [6, 6.07) is 26.9. The van der Waals surface area contributed by atoms with Crippen molar-refractivity contribution in [1.82, 2.24) is 24.1 Å². The molecule has 242 valence electrons. The van der Waals surface area contributed by atoms with E-state index in [9.17, 15) is 9.90 Å². The Morgan fingerprint density at radius 3 is 2.15 bits per heavy atom. The Hall–Kier alpha value is -4.87. The van der Waals surface area contributed by atoms with Crippen molar-refractivity contribution < 1.29 is 14.6 Å². The van der Waals surface area contributed by atoms with Crippen molar-refractivity contribution in [1.29, 1.82) is 0 Å². The van der Waals surface area contributed by atoms with Gasteiger partial charge in [0, 0.05) is 48.8 Å². The lowest BCUT2D eigenvalue weighted by atomic mass is 10.1. The van der Waals surface area contributed by atoms with E-state index in [1.165, 1.54) is 0 Å². The van der Waals surface area contributed by atoms with Crippen molar-refractivity contribution in [3.63, 3.8) is 0 Å². The number of nitrogens with one attached hydrogen (secondary N) is 2. The largest absolute Gasteiger partial charge is 0.494 e. The molecule has 46 heavy (non-hydrogen) atoms. The van der Waals surface area contributed by atoms with Gasteiger partial charge in [0.05, 0.1) is 31.5 Å². The second-order valence-electron chi connectivity index (χ2n) is 11.0. The van der Waals surface area contributed by atoms with Gasteiger partial charge in [-0.3, -0.25) is 4.68 Å². The van der Waals surface area contributed by atoms with E-state index in [4.69, 9.17) is 9.47 Å². The summed E-state index contributed by atoms with van der Waals surface area (Å²) < 4.78 is 16.7. The highest BCUT2D eigenvalue weighted by Crippen LogP contribution is 2.25. The van der Waals surface area contributed by atoms with Crippen LogP contribution in [0.5, 0.6) is 5.75 Å². The van der Waals surface area contributed by atoms with Crippen LogP contribution in [0.25, 0.3) is 5.69 Å². The molecule has 0 aliphatic rings. The summed E-state index contributed by atoms with van der Waals surface area (Å²) in [4.78, 5) is 12.8. The lowest BCUT2D eigenvalue weighted by molar-refractivity contribution is -0.224. The van der Waals surface area contributed by atoms with E-state index >= 15 is 0 Å². The first kappa shape index (κ1) is 32.5. The van der Waals surface area contributed by atoms with Gasteiger partial charge in [0.2, 0.25) is 5.79 Å². The van der Waals surface area contributed by atoms with Gasteiger partial charge < -0.3 is 25.2 Å². The molecule has 0 fully saturated rings. The van der Waals surface area contributed by atoms with Crippen LogP contribution in [0.3, 0.4) is 0 Å². The van der Waals surface area contributed by atoms with Gasteiger partial charge in [-0.05, 0) is 67.4 Å². The monoisotopic (exact) mass is 625 g/mol. The maximum atomic E-state index is 12.8. The Morgan fingerprint density at radius 2 is 1.52 bits per heavy atom. The Bertz CT molecular complexity index is 1650. The Morgan fingerprint density at radius 1 is 0.848 bits per heavy atom. The summed E-state index contributed by atoms with van der Waals surface area (Å²) >= 11 is 0. The zero-order valence-corrected chi connectivity index (χ0v) is 26.5. The molecule has 1 atom stereocenters. The number of nitrogens with zero attached hydrogens (tertiary/aromatic N) is 5. The highest BCUT2D eigenvalue weighted by molar-refractivity contribution is 5.50. The van der Waals surface area contributed by atoms with Crippen molar-refractivity contribution >= 4 is 11.4 Å². The Kier molecular flexibility index (Phi) is 11.3. The first-order chi connectivity index (χ1) is 22.5. The van der Waals surface area contributed by atoms with E-state index in [1.807, 2.05) is 84.9 Å². The summed E-state index contributed by atoms with van der Waals surface area (Å²) in [5.41, 5.74) is 3.32.